The second-order valence-electron chi connectivity index (χ2n) is 6.32. The fourth-order valence-corrected chi connectivity index (χ4v) is 4.32. The molecule has 0 aliphatic carbocycles. The fourth-order valence-electron chi connectivity index (χ4n) is 2.92. The highest BCUT2D eigenvalue weighted by molar-refractivity contribution is 7.89. The van der Waals surface area contributed by atoms with Crippen LogP contribution >= 0.6 is 0 Å². The van der Waals surface area contributed by atoms with Crippen LogP contribution in [0.2, 0.25) is 0 Å². The molecule has 1 aliphatic rings. The first-order valence-corrected chi connectivity index (χ1v) is 10.2. The van der Waals surface area contributed by atoms with E-state index in [0.29, 0.717) is 12.0 Å². The first kappa shape index (κ1) is 20.5. The average molecular weight is 417 g/mol. The molecule has 0 unspecified atom stereocenters. The van der Waals surface area contributed by atoms with Crippen molar-refractivity contribution < 1.29 is 28.2 Å². The third-order valence-corrected chi connectivity index (χ3v) is 6.29. The van der Waals surface area contributed by atoms with Gasteiger partial charge in [0.05, 0.1) is 4.90 Å². The van der Waals surface area contributed by atoms with Crippen molar-refractivity contribution in [2.24, 2.45) is 0 Å². The van der Waals surface area contributed by atoms with Gasteiger partial charge in [-0.3, -0.25) is 9.59 Å². The van der Waals surface area contributed by atoms with E-state index in [0.717, 1.165) is 5.57 Å². The lowest BCUT2D eigenvalue weighted by Gasteiger charge is -2.26. The van der Waals surface area contributed by atoms with E-state index in [1.54, 1.807) is 36.4 Å². The summed E-state index contributed by atoms with van der Waals surface area (Å²) in [6.07, 6.45) is 3.55. The number of nitrogens with zero attached hydrogens (tertiary/aromatic N) is 2. The molecule has 3 N–H and O–H groups in total. The summed E-state index contributed by atoms with van der Waals surface area (Å²) >= 11 is 0. The van der Waals surface area contributed by atoms with Crippen molar-refractivity contribution in [1.82, 2.24) is 14.6 Å². The van der Waals surface area contributed by atoms with Crippen molar-refractivity contribution >= 4 is 27.5 Å². The molecule has 3 rings (SSSR count). The molecule has 1 amide bonds. The van der Waals surface area contributed by atoms with Crippen LogP contribution in [0.25, 0.3) is 5.57 Å². The Morgan fingerprint density at radius 2 is 1.93 bits per heavy atom. The van der Waals surface area contributed by atoms with Gasteiger partial charge >= 0.3 is 5.97 Å². The molecule has 1 aromatic carbocycles. The summed E-state index contributed by atoms with van der Waals surface area (Å²) in [4.78, 5) is 26.5. The van der Waals surface area contributed by atoms with E-state index in [4.69, 9.17) is 5.11 Å². The van der Waals surface area contributed by atoms with Crippen LogP contribution in [0.5, 0.6) is 5.75 Å². The molecule has 29 heavy (non-hydrogen) atoms. The highest BCUT2D eigenvalue weighted by Crippen LogP contribution is 2.28. The largest absolute Gasteiger partial charge is 0.505 e. The molecular formula is C19H19N3O6S. The number of carboxylic acid groups (broad SMARTS) is 1. The van der Waals surface area contributed by atoms with Crippen LogP contribution in [0.15, 0.2) is 53.6 Å². The van der Waals surface area contributed by atoms with Gasteiger partial charge in [0.25, 0.3) is 5.91 Å². The van der Waals surface area contributed by atoms with Gasteiger partial charge in [-0.1, -0.05) is 24.3 Å². The summed E-state index contributed by atoms with van der Waals surface area (Å²) in [5, 5.41) is 20.8. The monoisotopic (exact) mass is 417 g/mol. The molecular weight excluding hydrogens is 398 g/mol. The Balaban J connectivity index is 1.74. The molecule has 0 fully saturated rings. The quantitative estimate of drug-likeness (QED) is 0.639. The number of pyridine rings is 1. The maximum absolute atomic E-state index is 12.7. The molecule has 10 heteroatoms. The third kappa shape index (κ3) is 4.61. The smallest absolute Gasteiger partial charge is 0.322 e. The summed E-state index contributed by atoms with van der Waals surface area (Å²) < 4.78 is 26.7. The molecule has 1 aliphatic heterocycles. The van der Waals surface area contributed by atoms with Crippen molar-refractivity contribution in [3.05, 3.63) is 59.9 Å². The van der Waals surface area contributed by atoms with Crippen LogP contribution in [0, 0.1) is 0 Å². The highest BCUT2D eigenvalue weighted by Gasteiger charge is 2.26. The molecule has 152 valence electrons. The van der Waals surface area contributed by atoms with E-state index < -0.39 is 28.4 Å². The van der Waals surface area contributed by atoms with Crippen LogP contribution in [0.4, 0.5) is 0 Å². The number of benzene rings is 1. The maximum Gasteiger partial charge on any atom is 0.322 e. The van der Waals surface area contributed by atoms with Gasteiger partial charge in [0, 0.05) is 19.3 Å². The number of nitrogens with one attached hydrogen (secondary N) is 1. The van der Waals surface area contributed by atoms with Crippen molar-refractivity contribution in [3.8, 4) is 5.75 Å². The zero-order valence-corrected chi connectivity index (χ0v) is 16.1. The van der Waals surface area contributed by atoms with Gasteiger partial charge in [-0.05, 0) is 35.8 Å². The zero-order valence-electron chi connectivity index (χ0n) is 15.3. The molecule has 0 atom stereocenters. The van der Waals surface area contributed by atoms with Gasteiger partial charge in [0.2, 0.25) is 10.0 Å². The standard InChI is InChI=1S/C19H19N3O6S/c23-16-10-14(11-20-18(16)19(26)21-12-17(24)25)13-6-8-22(9-7-13)29(27,28)15-4-2-1-3-5-15/h1-6,10-11,23H,7-9,12H2,(H,21,26)(H,24,25). The van der Waals surface area contributed by atoms with Crippen molar-refractivity contribution in [3.63, 3.8) is 0 Å². The van der Waals surface area contributed by atoms with Crippen LogP contribution in [-0.2, 0) is 14.8 Å². The number of hydrogen-bond donors (Lipinski definition) is 3. The maximum atomic E-state index is 12.7. The van der Waals surface area contributed by atoms with Gasteiger partial charge in [0.1, 0.15) is 12.3 Å². The van der Waals surface area contributed by atoms with E-state index in [9.17, 15) is 23.1 Å². The number of aromatic hydroxyl groups is 1. The highest BCUT2D eigenvalue weighted by atomic mass is 32.2. The molecule has 1 aromatic heterocycles. The number of carbonyl (C=O) groups excluding carboxylic acids is 1. The predicted octanol–water partition coefficient (Wildman–Crippen LogP) is 1.08. The Kier molecular flexibility index (Phi) is 5.95. The minimum absolute atomic E-state index is 0.175. The molecule has 2 heterocycles. The lowest BCUT2D eigenvalue weighted by molar-refractivity contribution is -0.135. The van der Waals surface area contributed by atoms with E-state index in [2.05, 4.69) is 10.3 Å². The minimum atomic E-state index is -3.58. The van der Waals surface area contributed by atoms with Crippen LogP contribution in [0.1, 0.15) is 22.5 Å². The van der Waals surface area contributed by atoms with E-state index in [1.807, 2.05) is 0 Å². The molecule has 0 saturated heterocycles. The zero-order chi connectivity index (χ0) is 21.0. The van der Waals surface area contributed by atoms with Gasteiger partial charge in [-0.2, -0.15) is 4.31 Å². The van der Waals surface area contributed by atoms with Crippen LogP contribution < -0.4 is 5.32 Å². The number of aliphatic carboxylic acids is 1. The number of rotatable bonds is 6. The van der Waals surface area contributed by atoms with Crippen molar-refractivity contribution in [1.29, 1.82) is 0 Å². The Morgan fingerprint density at radius 3 is 2.52 bits per heavy atom. The van der Waals surface area contributed by atoms with Crippen molar-refractivity contribution in [2.45, 2.75) is 11.3 Å². The summed E-state index contributed by atoms with van der Waals surface area (Å²) in [5.74, 6) is -2.39. The molecule has 0 saturated carbocycles. The lowest BCUT2D eigenvalue weighted by atomic mass is 10.0. The summed E-state index contributed by atoms with van der Waals surface area (Å²) in [6, 6.07) is 9.53. The fraction of sp³-hybridized carbons (Fsp3) is 0.211. The van der Waals surface area contributed by atoms with Gasteiger partial charge < -0.3 is 15.5 Å². The van der Waals surface area contributed by atoms with E-state index in [1.165, 1.54) is 16.6 Å². The molecule has 9 nitrogen and oxygen atoms in total. The predicted molar refractivity (Wildman–Crippen MR) is 104 cm³/mol. The number of amides is 1. The van der Waals surface area contributed by atoms with E-state index >= 15 is 0 Å². The molecule has 0 spiro atoms. The Bertz CT molecular complexity index is 1070. The second kappa shape index (κ2) is 8.41. The van der Waals surface area contributed by atoms with Crippen molar-refractivity contribution in [2.75, 3.05) is 19.6 Å². The topological polar surface area (TPSA) is 137 Å². The summed E-state index contributed by atoms with van der Waals surface area (Å²) in [5.41, 5.74) is 1.08. The lowest BCUT2D eigenvalue weighted by Crippen LogP contribution is -2.34. The summed E-state index contributed by atoms with van der Waals surface area (Å²) in [6.45, 7) is -0.141. The molecule has 0 radical (unpaired) electrons. The Labute approximate surface area is 167 Å². The first-order chi connectivity index (χ1) is 13.8. The third-order valence-electron chi connectivity index (χ3n) is 4.41. The Hall–Kier alpha value is -3.24. The normalized spacial score (nSPS) is 14.8. The number of aromatic nitrogens is 1. The second-order valence-corrected chi connectivity index (χ2v) is 8.26. The van der Waals surface area contributed by atoms with Gasteiger partial charge in [0.15, 0.2) is 5.69 Å². The van der Waals surface area contributed by atoms with Gasteiger partial charge in [-0.15, -0.1) is 0 Å². The number of carbonyl (C=O) groups is 2. The van der Waals surface area contributed by atoms with Gasteiger partial charge in [-0.25, -0.2) is 13.4 Å². The van der Waals surface area contributed by atoms with Crippen LogP contribution in [-0.4, -0.2) is 59.4 Å². The average Bonchev–Trinajstić information content (AvgIpc) is 2.72. The first-order valence-electron chi connectivity index (χ1n) is 8.72. The Morgan fingerprint density at radius 1 is 1.21 bits per heavy atom. The minimum Gasteiger partial charge on any atom is -0.505 e. The number of sulfonamides is 1. The molecule has 0 bridgehead atoms. The summed E-state index contributed by atoms with van der Waals surface area (Å²) in [7, 11) is -3.58. The SMILES string of the molecule is O=C(O)CNC(=O)c1ncc(C2=CCN(S(=O)(=O)c3ccccc3)CC2)cc1O. The van der Waals surface area contributed by atoms with Crippen LogP contribution in [0.3, 0.4) is 0 Å². The number of hydrogen-bond acceptors (Lipinski definition) is 6. The number of carboxylic acids is 1. The van der Waals surface area contributed by atoms with E-state index in [-0.39, 0.29) is 29.4 Å². The molecule has 2 aromatic rings.